The van der Waals surface area contributed by atoms with Crippen molar-refractivity contribution in [3.8, 4) is 11.8 Å². The van der Waals surface area contributed by atoms with E-state index in [1.165, 1.54) is 12.3 Å². The summed E-state index contributed by atoms with van der Waals surface area (Å²) in [4.78, 5) is 11.4. The van der Waals surface area contributed by atoms with Gasteiger partial charge in [-0.15, -0.1) is 0 Å². The Morgan fingerprint density at radius 1 is 1.28 bits per heavy atom. The molecule has 10 heteroatoms. The van der Waals surface area contributed by atoms with E-state index in [1.54, 1.807) is 10.6 Å². The van der Waals surface area contributed by atoms with Gasteiger partial charge in [0.15, 0.2) is 23.6 Å². The van der Waals surface area contributed by atoms with Crippen LogP contribution in [0, 0.1) is 28.8 Å². The Balaban J connectivity index is 1.88. The van der Waals surface area contributed by atoms with Crippen LogP contribution in [0.4, 0.5) is 13.2 Å². The monoisotopic (exact) mass is 496 g/mol. The Labute approximate surface area is 204 Å². The Bertz CT molecular complexity index is 1540. The number of hydrogen-bond donors (Lipinski definition) is 2. The Morgan fingerprint density at radius 3 is 2.69 bits per heavy atom. The fraction of sp³-hybridized carbons (Fsp3) is 0.346. The summed E-state index contributed by atoms with van der Waals surface area (Å²) in [7, 11) is 0. The minimum Gasteiger partial charge on any atom is -0.479 e. The molecule has 7 nitrogen and oxygen atoms in total. The molecule has 0 aliphatic carbocycles. The SMILES string of the molecule is CC(C)(CC#N)c1c([C@@H]2CC[C@@H](C(=O)O)OC2)c2c(F)c3[nH]ncc3cc2n1-c1ccc(F)c(F)c1. The van der Waals surface area contributed by atoms with Gasteiger partial charge in [0.2, 0.25) is 0 Å². The van der Waals surface area contributed by atoms with Gasteiger partial charge in [-0.3, -0.25) is 5.10 Å². The Kier molecular flexibility index (Phi) is 5.75. The van der Waals surface area contributed by atoms with Gasteiger partial charge in [-0.1, -0.05) is 13.8 Å². The van der Waals surface area contributed by atoms with E-state index in [1.807, 2.05) is 13.8 Å². The number of nitrogens with zero attached hydrogens (tertiary/aromatic N) is 3. The standard InChI is InChI=1S/C26H23F3N4O3/c1-26(2,7-8-30)24-20(13-3-6-19(25(34)35)36-12-13)21-18(9-14-11-31-32-23(14)22(21)29)33(24)15-4-5-16(27)17(28)10-15/h4-5,9-11,13,19H,3,6-7,12H2,1-2H3,(H,31,32)(H,34,35)/t13-,19+/m1/s1. The summed E-state index contributed by atoms with van der Waals surface area (Å²) in [6.45, 7) is 3.70. The lowest BCUT2D eigenvalue weighted by atomic mass is 9.78. The second-order valence-electron chi connectivity index (χ2n) is 9.77. The van der Waals surface area contributed by atoms with Crippen molar-refractivity contribution in [3.05, 3.63) is 59.2 Å². The fourth-order valence-corrected chi connectivity index (χ4v) is 5.24. The Hall–Kier alpha value is -3.84. The molecule has 0 saturated carbocycles. The molecular formula is C26H23F3N4O3. The van der Waals surface area contributed by atoms with Crippen LogP contribution in [0.25, 0.3) is 27.5 Å². The normalized spacial score (nSPS) is 18.6. The van der Waals surface area contributed by atoms with Gasteiger partial charge < -0.3 is 14.4 Å². The highest BCUT2D eigenvalue weighted by Crippen LogP contribution is 2.46. The number of H-pyrrole nitrogens is 1. The summed E-state index contributed by atoms with van der Waals surface area (Å²) < 4.78 is 51.7. The lowest BCUT2D eigenvalue weighted by Crippen LogP contribution is -2.32. The summed E-state index contributed by atoms with van der Waals surface area (Å²) in [5.74, 6) is -4.09. The first-order valence-electron chi connectivity index (χ1n) is 11.5. The maximum absolute atomic E-state index is 16.1. The van der Waals surface area contributed by atoms with E-state index >= 15 is 4.39 Å². The van der Waals surface area contributed by atoms with Crippen LogP contribution in [-0.4, -0.2) is 38.6 Å². The van der Waals surface area contributed by atoms with Crippen molar-refractivity contribution in [1.29, 1.82) is 5.26 Å². The molecule has 0 unspecified atom stereocenters. The van der Waals surface area contributed by atoms with Crippen molar-refractivity contribution < 1.29 is 27.8 Å². The minimum atomic E-state index is -1.06. The van der Waals surface area contributed by atoms with Gasteiger partial charge >= 0.3 is 5.97 Å². The molecule has 4 aromatic rings. The van der Waals surface area contributed by atoms with Crippen LogP contribution in [0.3, 0.4) is 0 Å². The van der Waals surface area contributed by atoms with Crippen LogP contribution in [0.15, 0.2) is 30.5 Å². The second-order valence-corrected chi connectivity index (χ2v) is 9.77. The van der Waals surface area contributed by atoms with Crippen LogP contribution >= 0.6 is 0 Å². The topological polar surface area (TPSA) is 104 Å². The molecule has 2 atom stereocenters. The molecule has 1 fully saturated rings. The molecule has 186 valence electrons. The number of nitriles is 1. The van der Waals surface area contributed by atoms with Gasteiger partial charge in [0.05, 0.1) is 24.4 Å². The molecule has 1 aliphatic heterocycles. The Morgan fingerprint density at radius 2 is 2.06 bits per heavy atom. The van der Waals surface area contributed by atoms with E-state index in [2.05, 4.69) is 16.3 Å². The summed E-state index contributed by atoms with van der Waals surface area (Å²) in [6, 6.07) is 7.35. The first-order chi connectivity index (χ1) is 17.1. The molecule has 36 heavy (non-hydrogen) atoms. The first kappa shape index (κ1) is 23.9. The molecule has 2 aromatic carbocycles. The number of halogens is 3. The second kappa shape index (κ2) is 8.68. The number of benzene rings is 2. The molecule has 0 spiro atoms. The number of aromatic amines is 1. The largest absolute Gasteiger partial charge is 0.479 e. The zero-order valence-corrected chi connectivity index (χ0v) is 19.6. The molecule has 3 heterocycles. The maximum Gasteiger partial charge on any atom is 0.332 e. The number of carboxylic acid groups (broad SMARTS) is 1. The average molecular weight is 496 g/mol. The number of aromatic nitrogens is 3. The number of fused-ring (bicyclic) bond motifs is 2. The van der Waals surface area contributed by atoms with Gasteiger partial charge in [0.25, 0.3) is 0 Å². The van der Waals surface area contributed by atoms with Crippen LogP contribution < -0.4 is 0 Å². The number of nitrogens with one attached hydrogen (secondary N) is 1. The lowest BCUT2D eigenvalue weighted by molar-refractivity contribution is -0.153. The molecule has 0 radical (unpaired) electrons. The molecule has 5 rings (SSSR count). The number of hydrogen-bond acceptors (Lipinski definition) is 4. The number of ether oxygens (including phenoxy) is 1. The quantitative estimate of drug-likeness (QED) is 0.382. The smallest absolute Gasteiger partial charge is 0.332 e. The van der Waals surface area contributed by atoms with Gasteiger partial charge in [0.1, 0.15) is 5.52 Å². The van der Waals surface area contributed by atoms with E-state index in [0.717, 1.165) is 12.1 Å². The third-order valence-electron chi connectivity index (χ3n) is 6.93. The summed E-state index contributed by atoms with van der Waals surface area (Å²) >= 11 is 0. The van der Waals surface area contributed by atoms with Crippen molar-refractivity contribution in [2.24, 2.45) is 0 Å². The predicted octanol–water partition coefficient (Wildman–Crippen LogP) is 5.46. The first-order valence-corrected chi connectivity index (χ1v) is 11.5. The zero-order valence-electron chi connectivity index (χ0n) is 19.6. The zero-order chi connectivity index (χ0) is 25.8. The van der Waals surface area contributed by atoms with Crippen molar-refractivity contribution in [3.63, 3.8) is 0 Å². The van der Waals surface area contributed by atoms with E-state index in [0.29, 0.717) is 28.6 Å². The highest BCUT2D eigenvalue weighted by molar-refractivity contribution is 6.00. The van der Waals surface area contributed by atoms with Gasteiger partial charge in [0, 0.05) is 46.0 Å². The summed E-state index contributed by atoms with van der Waals surface area (Å²) in [5, 5.41) is 26.3. The number of rotatable bonds is 5. The van der Waals surface area contributed by atoms with Crippen LogP contribution in [0.2, 0.25) is 0 Å². The minimum absolute atomic E-state index is 0.0317. The van der Waals surface area contributed by atoms with Crippen molar-refractivity contribution >= 4 is 27.8 Å². The third-order valence-corrected chi connectivity index (χ3v) is 6.93. The summed E-state index contributed by atoms with van der Waals surface area (Å²) in [5.41, 5.74) is 1.16. The van der Waals surface area contributed by atoms with Gasteiger partial charge in [-0.25, -0.2) is 18.0 Å². The van der Waals surface area contributed by atoms with E-state index in [9.17, 15) is 23.9 Å². The van der Waals surface area contributed by atoms with Crippen LogP contribution in [0.5, 0.6) is 0 Å². The van der Waals surface area contributed by atoms with Crippen molar-refractivity contribution in [2.75, 3.05) is 6.61 Å². The van der Waals surface area contributed by atoms with Crippen molar-refractivity contribution in [1.82, 2.24) is 14.8 Å². The lowest BCUT2D eigenvalue weighted by Gasteiger charge is -2.32. The average Bonchev–Trinajstić information content (AvgIpc) is 3.45. The third kappa shape index (κ3) is 3.71. The number of carbonyl (C=O) groups is 1. The van der Waals surface area contributed by atoms with E-state index < -0.39 is 40.9 Å². The fourth-order valence-electron chi connectivity index (χ4n) is 5.24. The van der Waals surface area contributed by atoms with Crippen molar-refractivity contribution in [2.45, 2.75) is 50.5 Å². The summed E-state index contributed by atoms with van der Waals surface area (Å²) in [6.07, 6.45) is 1.21. The highest BCUT2D eigenvalue weighted by atomic mass is 19.2. The molecule has 0 bridgehead atoms. The van der Waals surface area contributed by atoms with E-state index in [4.69, 9.17) is 4.74 Å². The van der Waals surface area contributed by atoms with Crippen LogP contribution in [-0.2, 0) is 14.9 Å². The molecular weight excluding hydrogens is 473 g/mol. The molecule has 1 aliphatic rings. The number of aliphatic carboxylic acids is 1. The predicted molar refractivity (Wildman–Crippen MR) is 125 cm³/mol. The maximum atomic E-state index is 16.1. The number of carboxylic acids is 1. The van der Waals surface area contributed by atoms with Gasteiger partial charge in [-0.05, 0) is 36.6 Å². The van der Waals surface area contributed by atoms with Crippen LogP contribution in [0.1, 0.15) is 50.3 Å². The molecule has 1 saturated heterocycles. The molecule has 2 aromatic heterocycles. The molecule has 0 amide bonds. The molecule has 2 N–H and O–H groups in total. The van der Waals surface area contributed by atoms with Gasteiger partial charge in [-0.2, -0.15) is 10.4 Å². The van der Waals surface area contributed by atoms with E-state index in [-0.39, 0.29) is 36.0 Å². The highest BCUT2D eigenvalue weighted by Gasteiger charge is 2.38.